The molecule has 2 N–H and O–H groups in total. The maximum Gasteiger partial charge on any atom is 0.220 e. The lowest BCUT2D eigenvalue weighted by molar-refractivity contribution is -0.120. The topological polar surface area (TPSA) is 62.7 Å². The lowest BCUT2D eigenvalue weighted by atomic mass is 10.4. The Labute approximate surface area is 81.2 Å². The van der Waals surface area contributed by atoms with E-state index in [0.29, 0.717) is 17.7 Å². The molecule has 0 fully saturated rings. The Morgan fingerprint density at radius 1 is 1.77 bits per heavy atom. The first-order valence-corrected chi connectivity index (χ1v) is 4.43. The predicted molar refractivity (Wildman–Crippen MR) is 50.5 cm³/mol. The predicted octanol–water partition coefficient (Wildman–Crippen LogP) is 0.504. The zero-order chi connectivity index (χ0) is 9.84. The second-order valence-electron chi connectivity index (χ2n) is 2.63. The SMILES string of the molecule is CCC(=O)NCc1n[nH]c(=S)n1C. The maximum atomic E-state index is 10.9. The first kappa shape index (κ1) is 9.91. The number of amides is 1. The van der Waals surface area contributed by atoms with Crippen LogP contribution in [0.25, 0.3) is 0 Å². The quantitative estimate of drug-likeness (QED) is 0.699. The Morgan fingerprint density at radius 3 is 2.92 bits per heavy atom. The van der Waals surface area contributed by atoms with Gasteiger partial charge in [0.2, 0.25) is 5.91 Å². The monoisotopic (exact) mass is 200 g/mol. The van der Waals surface area contributed by atoms with E-state index >= 15 is 0 Å². The van der Waals surface area contributed by atoms with Gasteiger partial charge in [-0.15, -0.1) is 0 Å². The van der Waals surface area contributed by atoms with Crippen LogP contribution in [0.2, 0.25) is 0 Å². The molecule has 0 aliphatic heterocycles. The lowest BCUT2D eigenvalue weighted by Gasteiger charge is -2.01. The summed E-state index contributed by atoms with van der Waals surface area (Å²) in [4.78, 5) is 10.9. The highest BCUT2D eigenvalue weighted by Gasteiger charge is 2.02. The van der Waals surface area contributed by atoms with Crippen LogP contribution in [0.3, 0.4) is 0 Å². The third-order valence-electron chi connectivity index (χ3n) is 1.74. The Balaban J connectivity index is 2.60. The molecule has 0 bridgehead atoms. The molecule has 1 aromatic heterocycles. The second-order valence-corrected chi connectivity index (χ2v) is 3.02. The summed E-state index contributed by atoms with van der Waals surface area (Å²) >= 11 is 4.91. The number of hydrogen-bond acceptors (Lipinski definition) is 3. The van der Waals surface area contributed by atoms with E-state index in [-0.39, 0.29) is 5.91 Å². The molecular weight excluding hydrogens is 188 g/mol. The van der Waals surface area contributed by atoms with Gasteiger partial charge in [0.05, 0.1) is 6.54 Å². The number of aromatic nitrogens is 3. The molecule has 0 atom stereocenters. The summed E-state index contributed by atoms with van der Waals surface area (Å²) in [5, 5.41) is 9.31. The maximum absolute atomic E-state index is 10.9. The molecule has 13 heavy (non-hydrogen) atoms. The van der Waals surface area contributed by atoms with Gasteiger partial charge < -0.3 is 9.88 Å². The first-order chi connectivity index (χ1) is 6.15. The van der Waals surface area contributed by atoms with E-state index in [0.717, 1.165) is 5.82 Å². The van der Waals surface area contributed by atoms with Gasteiger partial charge in [0, 0.05) is 13.5 Å². The standard InChI is InChI=1S/C7H12N4OS/c1-3-6(12)8-4-5-9-10-7(13)11(5)2/h3-4H2,1-2H3,(H,8,12)(H,10,13). The summed E-state index contributed by atoms with van der Waals surface area (Å²) in [7, 11) is 1.80. The minimum Gasteiger partial charge on any atom is -0.349 e. The molecule has 0 spiro atoms. The lowest BCUT2D eigenvalue weighted by Crippen LogP contribution is -2.23. The van der Waals surface area contributed by atoms with Crippen LogP contribution in [0, 0.1) is 4.77 Å². The zero-order valence-corrected chi connectivity index (χ0v) is 8.44. The van der Waals surface area contributed by atoms with Crippen LogP contribution in [0.4, 0.5) is 0 Å². The molecule has 0 saturated carbocycles. The minimum atomic E-state index is 0.00826. The number of carbonyl (C=O) groups excluding carboxylic acids is 1. The number of hydrogen-bond donors (Lipinski definition) is 2. The van der Waals surface area contributed by atoms with Crippen molar-refractivity contribution in [3.8, 4) is 0 Å². The first-order valence-electron chi connectivity index (χ1n) is 4.02. The van der Waals surface area contributed by atoms with Gasteiger partial charge in [-0.05, 0) is 12.2 Å². The van der Waals surface area contributed by atoms with Gasteiger partial charge >= 0.3 is 0 Å². The van der Waals surface area contributed by atoms with Gasteiger partial charge in [-0.2, -0.15) is 5.10 Å². The molecule has 1 amide bonds. The zero-order valence-electron chi connectivity index (χ0n) is 7.63. The van der Waals surface area contributed by atoms with E-state index in [9.17, 15) is 4.79 Å². The van der Waals surface area contributed by atoms with Gasteiger partial charge in [-0.3, -0.25) is 9.89 Å². The van der Waals surface area contributed by atoms with E-state index < -0.39 is 0 Å². The highest BCUT2D eigenvalue weighted by molar-refractivity contribution is 7.71. The van der Waals surface area contributed by atoms with Crippen molar-refractivity contribution in [2.24, 2.45) is 7.05 Å². The highest BCUT2D eigenvalue weighted by atomic mass is 32.1. The van der Waals surface area contributed by atoms with Crippen molar-refractivity contribution in [3.63, 3.8) is 0 Å². The van der Waals surface area contributed by atoms with Gasteiger partial charge in [0.1, 0.15) is 0 Å². The summed E-state index contributed by atoms with van der Waals surface area (Å²) in [5.41, 5.74) is 0. The van der Waals surface area contributed by atoms with Crippen molar-refractivity contribution < 1.29 is 4.79 Å². The molecule has 0 aliphatic rings. The van der Waals surface area contributed by atoms with Crippen molar-refractivity contribution in [1.29, 1.82) is 0 Å². The number of carbonyl (C=O) groups is 1. The summed E-state index contributed by atoms with van der Waals surface area (Å²) in [6.45, 7) is 2.22. The largest absolute Gasteiger partial charge is 0.349 e. The van der Waals surface area contributed by atoms with Gasteiger partial charge in [0.15, 0.2) is 10.6 Å². The molecule has 5 nitrogen and oxygen atoms in total. The van der Waals surface area contributed by atoms with E-state index in [1.165, 1.54) is 0 Å². The molecule has 1 rings (SSSR count). The van der Waals surface area contributed by atoms with E-state index in [4.69, 9.17) is 12.2 Å². The Morgan fingerprint density at radius 2 is 2.46 bits per heavy atom. The third kappa shape index (κ3) is 2.38. The molecule has 0 radical (unpaired) electrons. The summed E-state index contributed by atoms with van der Waals surface area (Å²) in [6, 6.07) is 0. The molecule has 0 unspecified atom stereocenters. The number of nitrogens with zero attached hydrogens (tertiary/aromatic N) is 2. The summed E-state index contributed by atoms with van der Waals surface area (Å²) in [5.74, 6) is 0.737. The van der Waals surface area contributed by atoms with Crippen molar-refractivity contribution in [3.05, 3.63) is 10.6 Å². The number of nitrogens with one attached hydrogen (secondary N) is 2. The van der Waals surface area contributed by atoms with E-state index in [1.54, 1.807) is 18.5 Å². The van der Waals surface area contributed by atoms with E-state index in [2.05, 4.69) is 15.5 Å². The van der Waals surface area contributed by atoms with Crippen LogP contribution in [0.5, 0.6) is 0 Å². The summed E-state index contributed by atoms with van der Waals surface area (Å²) in [6.07, 6.45) is 0.481. The molecule has 1 heterocycles. The van der Waals surface area contributed by atoms with Crippen LogP contribution in [-0.2, 0) is 18.4 Å². The number of H-pyrrole nitrogens is 1. The fraction of sp³-hybridized carbons (Fsp3) is 0.571. The van der Waals surface area contributed by atoms with Crippen LogP contribution in [0.1, 0.15) is 19.2 Å². The van der Waals surface area contributed by atoms with Gasteiger partial charge in [-0.25, -0.2) is 0 Å². The van der Waals surface area contributed by atoms with Crippen LogP contribution in [0.15, 0.2) is 0 Å². The van der Waals surface area contributed by atoms with Gasteiger partial charge in [-0.1, -0.05) is 6.92 Å². The normalized spacial score (nSPS) is 10.0. The minimum absolute atomic E-state index is 0.00826. The highest BCUT2D eigenvalue weighted by Crippen LogP contribution is 1.93. The molecular formula is C7H12N4OS. The Kier molecular flexibility index (Phi) is 3.18. The Hall–Kier alpha value is -1.17. The fourth-order valence-electron chi connectivity index (χ4n) is 0.840. The molecule has 0 saturated heterocycles. The smallest absolute Gasteiger partial charge is 0.220 e. The number of aromatic amines is 1. The van der Waals surface area contributed by atoms with E-state index in [1.807, 2.05) is 0 Å². The van der Waals surface area contributed by atoms with Crippen molar-refractivity contribution in [1.82, 2.24) is 20.1 Å². The van der Waals surface area contributed by atoms with Crippen LogP contribution in [-0.4, -0.2) is 20.7 Å². The fourth-order valence-corrected chi connectivity index (χ4v) is 0.991. The average Bonchev–Trinajstić information content (AvgIpc) is 2.44. The van der Waals surface area contributed by atoms with Gasteiger partial charge in [0.25, 0.3) is 0 Å². The number of rotatable bonds is 3. The van der Waals surface area contributed by atoms with Crippen LogP contribution >= 0.6 is 12.2 Å². The second kappa shape index (κ2) is 4.18. The third-order valence-corrected chi connectivity index (χ3v) is 2.10. The van der Waals surface area contributed by atoms with Crippen molar-refractivity contribution in [2.75, 3.05) is 0 Å². The molecule has 72 valence electrons. The molecule has 0 aliphatic carbocycles. The van der Waals surface area contributed by atoms with Crippen molar-refractivity contribution in [2.45, 2.75) is 19.9 Å². The molecule has 6 heteroatoms. The van der Waals surface area contributed by atoms with Crippen LogP contribution < -0.4 is 5.32 Å². The Bertz CT molecular complexity index is 354. The van der Waals surface area contributed by atoms with Crippen molar-refractivity contribution >= 4 is 18.1 Å². The summed E-state index contributed by atoms with van der Waals surface area (Å²) < 4.78 is 2.28. The molecule has 0 aromatic carbocycles. The molecule has 1 aromatic rings. The average molecular weight is 200 g/mol.